The lowest BCUT2D eigenvalue weighted by molar-refractivity contribution is -0.143. The topological polar surface area (TPSA) is 53.5 Å². The van der Waals surface area contributed by atoms with E-state index in [9.17, 15) is 9.59 Å². The normalized spacial score (nSPS) is 22.1. The molecule has 3 rings (SSSR count). The van der Waals surface area contributed by atoms with Crippen LogP contribution in [0.25, 0.3) is 0 Å². The van der Waals surface area contributed by atoms with E-state index in [-0.39, 0.29) is 17.9 Å². The molecule has 0 N–H and O–H groups in total. The Morgan fingerprint density at radius 2 is 2.09 bits per heavy atom. The van der Waals surface area contributed by atoms with Crippen LogP contribution in [0.1, 0.15) is 25.0 Å². The van der Waals surface area contributed by atoms with E-state index < -0.39 is 0 Å². The molecule has 5 nitrogen and oxygen atoms in total. The highest BCUT2D eigenvalue weighted by atomic mass is 32.2. The van der Waals surface area contributed by atoms with E-state index in [1.165, 1.54) is 0 Å². The van der Waals surface area contributed by atoms with Gasteiger partial charge in [-0.25, -0.2) is 4.98 Å². The van der Waals surface area contributed by atoms with Gasteiger partial charge in [0.15, 0.2) is 0 Å². The quantitative estimate of drug-likeness (QED) is 0.837. The molecule has 22 heavy (non-hydrogen) atoms. The van der Waals surface area contributed by atoms with Crippen LogP contribution in [0, 0.1) is 0 Å². The van der Waals surface area contributed by atoms with Crippen LogP contribution in [0.15, 0.2) is 10.9 Å². The number of rotatable bonds is 4. The third-order valence-electron chi connectivity index (χ3n) is 4.26. The third-order valence-corrected chi connectivity index (χ3v) is 5.84. The average molecular weight is 339 g/mol. The molecule has 7 heteroatoms. The fourth-order valence-corrected chi connectivity index (χ4v) is 4.55. The Bertz CT molecular complexity index is 515. The van der Waals surface area contributed by atoms with Crippen LogP contribution in [-0.4, -0.2) is 63.8 Å². The fraction of sp³-hybridized carbons (Fsp3) is 0.667. The smallest absolute Gasteiger partial charge is 0.245 e. The second-order valence-electron chi connectivity index (χ2n) is 5.66. The summed E-state index contributed by atoms with van der Waals surface area (Å²) in [4.78, 5) is 33.1. The van der Waals surface area contributed by atoms with Gasteiger partial charge in [0, 0.05) is 42.9 Å². The second kappa shape index (κ2) is 7.46. The van der Waals surface area contributed by atoms with Gasteiger partial charge >= 0.3 is 0 Å². The predicted octanol–water partition coefficient (Wildman–Crippen LogP) is 1.64. The van der Waals surface area contributed by atoms with Gasteiger partial charge in [0.05, 0.1) is 11.2 Å². The first-order chi connectivity index (χ1) is 10.8. The Kier molecular flexibility index (Phi) is 5.36. The third kappa shape index (κ3) is 3.63. The molecule has 0 aliphatic carbocycles. The van der Waals surface area contributed by atoms with Gasteiger partial charge in [0.2, 0.25) is 11.8 Å². The van der Waals surface area contributed by atoms with Crippen molar-refractivity contribution < 1.29 is 9.59 Å². The maximum Gasteiger partial charge on any atom is 0.245 e. The zero-order valence-electron chi connectivity index (χ0n) is 12.6. The molecule has 2 aliphatic rings. The van der Waals surface area contributed by atoms with Crippen molar-refractivity contribution in [3.63, 3.8) is 0 Å². The van der Waals surface area contributed by atoms with Crippen LogP contribution in [0.4, 0.5) is 0 Å². The molecule has 3 heterocycles. The number of aryl methyl sites for hydroxylation is 1. The van der Waals surface area contributed by atoms with Crippen molar-refractivity contribution in [1.82, 2.24) is 14.8 Å². The van der Waals surface area contributed by atoms with Gasteiger partial charge in [0.25, 0.3) is 0 Å². The molecule has 0 saturated carbocycles. The molecule has 2 fully saturated rings. The number of thioether (sulfide) groups is 1. The van der Waals surface area contributed by atoms with E-state index in [1.807, 2.05) is 22.0 Å². The number of hydrogen-bond acceptors (Lipinski definition) is 5. The molecule has 120 valence electrons. The standard InChI is InChI=1S/C15H21N3O2S2/c19-14(4-3-12-10-22-11-16-12)18-5-1-2-13(18)15(20)17-6-8-21-9-7-17/h10-11,13H,1-9H2/t13-/m0/s1. The number of carbonyl (C=O) groups excluding carboxylic acids is 2. The number of thiazole rings is 1. The van der Waals surface area contributed by atoms with E-state index in [1.54, 1.807) is 21.7 Å². The minimum Gasteiger partial charge on any atom is -0.339 e. The highest BCUT2D eigenvalue weighted by Crippen LogP contribution is 2.22. The van der Waals surface area contributed by atoms with Crippen molar-refractivity contribution in [2.45, 2.75) is 31.7 Å². The molecule has 1 aromatic rings. The number of amides is 2. The lowest BCUT2D eigenvalue weighted by Crippen LogP contribution is -2.50. The zero-order chi connectivity index (χ0) is 15.4. The molecule has 0 radical (unpaired) electrons. The Balaban J connectivity index is 1.57. The zero-order valence-corrected chi connectivity index (χ0v) is 14.2. The van der Waals surface area contributed by atoms with Crippen molar-refractivity contribution in [1.29, 1.82) is 0 Å². The number of aromatic nitrogens is 1. The van der Waals surface area contributed by atoms with Gasteiger partial charge in [0.1, 0.15) is 6.04 Å². The molecule has 1 atom stereocenters. The summed E-state index contributed by atoms with van der Waals surface area (Å²) in [5.74, 6) is 2.27. The molecule has 0 spiro atoms. The maximum atomic E-state index is 12.7. The van der Waals surface area contributed by atoms with Crippen molar-refractivity contribution >= 4 is 34.9 Å². The number of carbonyl (C=O) groups is 2. The van der Waals surface area contributed by atoms with Gasteiger partial charge < -0.3 is 9.80 Å². The average Bonchev–Trinajstić information content (AvgIpc) is 3.24. The summed E-state index contributed by atoms with van der Waals surface area (Å²) in [6.45, 7) is 2.36. The van der Waals surface area contributed by atoms with Gasteiger partial charge in [-0.15, -0.1) is 11.3 Å². The molecule has 0 bridgehead atoms. The van der Waals surface area contributed by atoms with E-state index >= 15 is 0 Å². The summed E-state index contributed by atoms with van der Waals surface area (Å²) in [6.07, 6.45) is 2.86. The van der Waals surface area contributed by atoms with Crippen molar-refractivity contribution in [2.75, 3.05) is 31.1 Å². The summed E-state index contributed by atoms with van der Waals surface area (Å²) in [6, 6.07) is -0.231. The summed E-state index contributed by atoms with van der Waals surface area (Å²) < 4.78 is 0. The molecule has 2 aliphatic heterocycles. The van der Waals surface area contributed by atoms with Crippen LogP contribution in [0.3, 0.4) is 0 Å². The number of hydrogen-bond donors (Lipinski definition) is 0. The highest BCUT2D eigenvalue weighted by Gasteiger charge is 2.36. The van der Waals surface area contributed by atoms with Gasteiger partial charge in [-0.05, 0) is 19.3 Å². The Morgan fingerprint density at radius 1 is 1.27 bits per heavy atom. The van der Waals surface area contributed by atoms with Gasteiger partial charge in [-0.1, -0.05) is 0 Å². The van der Waals surface area contributed by atoms with E-state index in [0.29, 0.717) is 12.8 Å². The molecular weight excluding hydrogens is 318 g/mol. The molecule has 0 unspecified atom stereocenters. The Morgan fingerprint density at radius 3 is 2.82 bits per heavy atom. The van der Waals surface area contributed by atoms with Crippen LogP contribution in [0.2, 0.25) is 0 Å². The molecule has 1 aromatic heterocycles. The number of likely N-dealkylation sites (tertiary alicyclic amines) is 1. The fourth-order valence-electron chi connectivity index (χ4n) is 3.06. The SMILES string of the molecule is O=C([C@@H]1CCCN1C(=O)CCc1cscn1)N1CCSCC1. The highest BCUT2D eigenvalue weighted by molar-refractivity contribution is 7.99. The predicted molar refractivity (Wildman–Crippen MR) is 89.1 cm³/mol. The van der Waals surface area contributed by atoms with Gasteiger partial charge in [-0.2, -0.15) is 11.8 Å². The Hall–Kier alpha value is -1.08. The van der Waals surface area contributed by atoms with Gasteiger partial charge in [-0.3, -0.25) is 9.59 Å². The first-order valence-electron chi connectivity index (χ1n) is 7.79. The summed E-state index contributed by atoms with van der Waals surface area (Å²) in [5.41, 5.74) is 2.75. The maximum absolute atomic E-state index is 12.7. The van der Waals surface area contributed by atoms with E-state index in [2.05, 4.69) is 4.98 Å². The molecule has 0 aromatic carbocycles. The second-order valence-corrected chi connectivity index (χ2v) is 7.61. The minimum atomic E-state index is -0.231. The first kappa shape index (κ1) is 15.8. The summed E-state index contributed by atoms with van der Waals surface area (Å²) in [5, 5.41) is 1.98. The van der Waals surface area contributed by atoms with E-state index in [0.717, 1.165) is 49.7 Å². The lowest BCUT2D eigenvalue weighted by Gasteiger charge is -2.32. The Labute approximate surface area is 139 Å². The first-order valence-corrected chi connectivity index (χ1v) is 9.88. The van der Waals surface area contributed by atoms with Crippen molar-refractivity contribution in [2.24, 2.45) is 0 Å². The monoisotopic (exact) mass is 339 g/mol. The summed E-state index contributed by atoms with van der Waals surface area (Å²) in [7, 11) is 0. The molecule has 2 amide bonds. The van der Waals surface area contributed by atoms with Crippen molar-refractivity contribution in [3.8, 4) is 0 Å². The van der Waals surface area contributed by atoms with E-state index in [4.69, 9.17) is 0 Å². The molecular formula is C15H21N3O2S2. The van der Waals surface area contributed by atoms with Crippen LogP contribution in [0.5, 0.6) is 0 Å². The van der Waals surface area contributed by atoms with Crippen molar-refractivity contribution in [3.05, 3.63) is 16.6 Å². The molecule has 2 saturated heterocycles. The minimum absolute atomic E-state index is 0.0928. The van der Waals surface area contributed by atoms with Crippen LogP contribution >= 0.6 is 23.1 Å². The van der Waals surface area contributed by atoms with Crippen LogP contribution in [-0.2, 0) is 16.0 Å². The largest absolute Gasteiger partial charge is 0.339 e. The lowest BCUT2D eigenvalue weighted by atomic mass is 10.1. The summed E-state index contributed by atoms with van der Waals surface area (Å²) >= 11 is 3.44. The number of nitrogens with zero attached hydrogens (tertiary/aromatic N) is 3. The van der Waals surface area contributed by atoms with Crippen LogP contribution < -0.4 is 0 Å².